The van der Waals surface area contributed by atoms with Gasteiger partial charge in [-0.3, -0.25) is 0 Å². The Balaban J connectivity index is 2.44. The SMILES string of the molecule is O=C(O)c1c(Br)cccc1Oc1ccc(F)cc1F. The van der Waals surface area contributed by atoms with Gasteiger partial charge in [-0.15, -0.1) is 0 Å². The molecule has 0 saturated heterocycles. The fraction of sp³-hybridized carbons (Fsp3) is 0. The van der Waals surface area contributed by atoms with Crippen molar-refractivity contribution in [3.05, 3.63) is 58.1 Å². The second kappa shape index (κ2) is 5.36. The molecule has 2 aromatic carbocycles. The van der Waals surface area contributed by atoms with E-state index in [1.54, 1.807) is 6.07 Å². The maximum Gasteiger partial charge on any atom is 0.340 e. The van der Waals surface area contributed by atoms with E-state index in [2.05, 4.69) is 15.9 Å². The van der Waals surface area contributed by atoms with Crippen LogP contribution in [0.4, 0.5) is 8.78 Å². The first-order valence-electron chi connectivity index (χ1n) is 5.13. The standard InChI is InChI=1S/C13H7BrF2O3/c14-8-2-1-3-11(12(8)13(17)18)19-10-5-4-7(15)6-9(10)16/h1-6H,(H,17,18). The summed E-state index contributed by atoms with van der Waals surface area (Å²) in [5, 5.41) is 9.07. The van der Waals surface area contributed by atoms with E-state index in [-0.39, 0.29) is 17.1 Å². The Kier molecular flexibility index (Phi) is 3.80. The molecule has 98 valence electrons. The van der Waals surface area contributed by atoms with E-state index in [1.807, 2.05) is 0 Å². The quantitative estimate of drug-likeness (QED) is 0.917. The van der Waals surface area contributed by atoms with Crippen molar-refractivity contribution in [2.75, 3.05) is 0 Å². The second-order valence-corrected chi connectivity index (χ2v) is 4.45. The summed E-state index contributed by atoms with van der Waals surface area (Å²) in [4.78, 5) is 11.1. The molecule has 0 atom stereocenters. The molecule has 0 aromatic heterocycles. The molecule has 0 fully saturated rings. The normalized spacial score (nSPS) is 10.3. The molecule has 0 bridgehead atoms. The van der Waals surface area contributed by atoms with Gasteiger partial charge in [0.15, 0.2) is 11.6 Å². The topological polar surface area (TPSA) is 46.5 Å². The number of hydrogen-bond acceptors (Lipinski definition) is 2. The van der Waals surface area contributed by atoms with E-state index < -0.39 is 17.6 Å². The minimum Gasteiger partial charge on any atom is -0.478 e. The van der Waals surface area contributed by atoms with Crippen LogP contribution in [0.1, 0.15) is 10.4 Å². The number of benzene rings is 2. The molecular formula is C13H7BrF2O3. The van der Waals surface area contributed by atoms with Crippen LogP contribution in [0.25, 0.3) is 0 Å². The summed E-state index contributed by atoms with van der Waals surface area (Å²) in [6.45, 7) is 0. The van der Waals surface area contributed by atoms with Crippen molar-refractivity contribution in [1.29, 1.82) is 0 Å². The van der Waals surface area contributed by atoms with E-state index in [0.717, 1.165) is 12.1 Å². The molecule has 0 amide bonds. The van der Waals surface area contributed by atoms with Crippen molar-refractivity contribution in [2.45, 2.75) is 0 Å². The number of aromatic carboxylic acids is 1. The Morgan fingerprint density at radius 1 is 1.16 bits per heavy atom. The Morgan fingerprint density at radius 2 is 1.89 bits per heavy atom. The summed E-state index contributed by atoms with van der Waals surface area (Å²) in [5.41, 5.74) is -0.133. The molecule has 0 heterocycles. The summed E-state index contributed by atoms with van der Waals surface area (Å²) >= 11 is 3.08. The highest BCUT2D eigenvalue weighted by molar-refractivity contribution is 9.10. The van der Waals surface area contributed by atoms with Gasteiger partial charge in [-0.1, -0.05) is 6.07 Å². The molecule has 0 aliphatic carbocycles. The van der Waals surface area contributed by atoms with Crippen molar-refractivity contribution in [1.82, 2.24) is 0 Å². The van der Waals surface area contributed by atoms with Crippen LogP contribution in [0.3, 0.4) is 0 Å². The molecule has 2 aromatic rings. The smallest absolute Gasteiger partial charge is 0.340 e. The number of halogens is 3. The van der Waals surface area contributed by atoms with E-state index >= 15 is 0 Å². The highest BCUT2D eigenvalue weighted by atomic mass is 79.9. The molecule has 0 spiro atoms. The number of hydrogen-bond donors (Lipinski definition) is 1. The third-order valence-electron chi connectivity index (χ3n) is 2.30. The fourth-order valence-electron chi connectivity index (χ4n) is 1.47. The maximum absolute atomic E-state index is 13.4. The molecule has 0 unspecified atom stereocenters. The predicted octanol–water partition coefficient (Wildman–Crippen LogP) is 4.22. The Bertz CT molecular complexity index is 644. The minimum absolute atomic E-state index is 0.0348. The van der Waals surface area contributed by atoms with Gasteiger partial charge in [-0.25, -0.2) is 13.6 Å². The average molecular weight is 329 g/mol. The molecule has 0 radical (unpaired) electrons. The zero-order valence-electron chi connectivity index (χ0n) is 9.36. The zero-order chi connectivity index (χ0) is 14.0. The van der Waals surface area contributed by atoms with Crippen LogP contribution in [0.2, 0.25) is 0 Å². The maximum atomic E-state index is 13.4. The van der Waals surface area contributed by atoms with Gasteiger partial charge in [-0.05, 0) is 40.2 Å². The molecule has 0 aliphatic rings. The third kappa shape index (κ3) is 2.90. The van der Waals surface area contributed by atoms with Crippen molar-refractivity contribution in [3.8, 4) is 11.5 Å². The number of carboxylic acid groups (broad SMARTS) is 1. The first-order valence-corrected chi connectivity index (χ1v) is 5.93. The summed E-state index contributed by atoms with van der Waals surface area (Å²) in [5.74, 6) is -3.15. The average Bonchev–Trinajstić information content (AvgIpc) is 2.32. The van der Waals surface area contributed by atoms with Crippen LogP contribution < -0.4 is 4.74 Å². The van der Waals surface area contributed by atoms with Gasteiger partial charge in [0.2, 0.25) is 0 Å². The van der Waals surface area contributed by atoms with Gasteiger partial charge in [0, 0.05) is 10.5 Å². The van der Waals surface area contributed by atoms with Crippen LogP contribution in [-0.2, 0) is 0 Å². The summed E-state index contributed by atoms with van der Waals surface area (Å²) in [6.07, 6.45) is 0. The lowest BCUT2D eigenvalue weighted by atomic mass is 10.2. The molecule has 1 N–H and O–H groups in total. The molecule has 2 rings (SSSR count). The predicted molar refractivity (Wildman–Crippen MR) is 67.5 cm³/mol. The van der Waals surface area contributed by atoms with Crippen LogP contribution >= 0.6 is 15.9 Å². The lowest BCUT2D eigenvalue weighted by molar-refractivity contribution is 0.0693. The lowest BCUT2D eigenvalue weighted by Gasteiger charge is -2.10. The van der Waals surface area contributed by atoms with Gasteiger partial charge in [0.05, 0.1) is 0 Å². The lowest BCUT2D eigenvalue weighted by Crippen LogP contribution is -2.02. The molecule has 6 heteroatoms. The van der Waals surface area contributed by atoms with Crippen LogP contribution in [-0.4, -0.2) is 11.1 Å². The first-order chi connectivity index (χ1) is 8.99. The second-order valence-electron chi connectivity index (χ2n) is 3.59. The van der Waals surface area contributed by atoms with Crippen molar-refractivity contribution < 1.29 is 23.4 Å². The summed E-state index contributed by atoms with van der Waals surface area (Å²) in [6, 6.07) is 7.24. The minimum atomic E-state index is -1.22. The van der Waals surface area contributed by atoms with E-state index in [9.17, 15) is 13.6 Å². The van der Waals surface area contributed by atoms with Crippen molar-refractivity contribution in [3.63, 3.8) is 0 Å². The third-order valence-corrected chi connectivity index (χ3v) is 2.96. The van der Waals surface area contributed by atoms with E-state index in [4.69, 9.17) is 9.84 Å². The summed E-state index contributed by atoms with van der Waals surface area (Å²) in [7, 11) is 0. The fourth-order valence-corrected chi connectivity index (χ4v) is 1.99. The Morgan fingerprint density at radius 3 is 2.53 bits per heavy atom. The van der Waals surface area contributed by atoms with Crippen LogP contribution in [0.5, 0.6) is 11.5 Å². The van der Waals surface area contributed by atoms with Crippen LogP contribution in [0, 0.1) is 11.6 Å². The van der Waals surface area contributed by atoms with Crippen molar-refractivity contribution in [2.24, 2.45) is 0 Å². The largest absolute Gasteiger partial charge is 0.478 e. The highest BCUT2D eigenvalue weighted by Gasteiger charge is 2.17. The first kappa shape index (κ1) is 13.5. The number of ether oxygens (including phenoxy) is 1. The van der Waals surface area contributed by atoms with Gasteiger partial charge in [-0.2, -0.15) is 0 Å². The zero-order valence-corrected chi connectivity index (χ0v) is 10.9. The Hall–Kier alpha value is -1.95. The molecule has 19 heavy (non-hydrogen) atoms. The molecule has 3 nitrogen and oxygen atoms in total. The van der Waals surface area contributed by atoms with Gasteiger partial charge < -0.3 is 9.84 Å². The summed E-state index contributed by atoms with van der Waals surface area (Å²) < 4.78 is 31.7. The van der Waals surface area contributed by atoms with Gasteiger partial charge >= 0.3 is 5.97 Å². The van der Waals surface area contributed by atoms with Crippen molar-refractivity contribution >= 4 is 21.9 Å². The van der Waals surface area contributed by atoms with Gasteiger partial charge in [0.25, 0.3) is 0 Å². The van der Waals surface area contributed by atoms with Crippen LogP contribution in [0.15, 0.2) is 40.9 Å². The number of carbonyl (C=O) groups is 1. The molecule has 0 saturated carbocycles. The highest BCUT2D eigenvalue weighted by Crippen LogP contribution is 2.32. The molecule has 0 aliphatic heterocycles. The number of carboxylic acids is 1. The number of rotatable bonds is 3. The van der Waals surface area contributed by atoms with E-state index in [0.29, 0.717) is 10.5 Å². The van der Waals surface area contributed by atoms with E-state index in [1.165, 1.54) is 12.1 Å². The van der Waals surface area contributed by atoms with Gasteiger partial charge in [0.1, 0.15) is 17.1 Å². The Labute approximate surface area is 115 Å². The molecular weight excluding hydrogens is 322 g/mol. The monoisotopic (exact) mass is 328 g/mol.